The summed E-state index contributed by atoms with van der Waals surface area (Å²) in [5.41, 5.74) is 0. The first-order valence-electron chi connectivity index (χ1n) is 7.03. The first-order valence-corrected chi connectivity index (χ1v) is 11.6. The number of anilines is 1. The Morgan fingerprint density at radius 2 is 1.79 bits per heavy atom. The van der Waals surface area contributed by atoms with Crippen LogP contribution in [0.4, 0.5) is 5.00 Å². The third-order valence-electron chi connectivity index (χ3n) is 3.26. The molecule has 1 unspecified atom stereocenters. The molecule has 0 bridgehead atoms. The van der Waals surface area contributed by atoms with Crippen molar-refractivity contribution in [2.45, 2.75) is 40.6 Å². The summed E-state index contributed by atoms with van der Waals surface area (Å²) in [5.74, 6) is 0. The van der Waals surface area contributed by atoms with Gasteiger partial charge in [-0.1, -0.05) is 29.9 Å². The highest BCUT2D eigenvalue weighted by molar-refractivity contribution is 7.93. The summed E-state index contributed by atoms with van der Waals surface area (Å²) < 4.78 is 49.0. The van der Waals surface area contributed by atoms with E-state index in [4.69, 9.17) is 11.6 Å². The lowest BCUT2D eigenvalue weighted by molar-refractivity contribution is 0.591. The average Bonchev–Trinajstić information content (AvgIpc) is 2.92. The first-order chi connectivity index (χ1) is 11.1. The lowest BCUT2D eigenvalue weighted by atomic mass is 10.3. The number of aromatic nitrogens is 1. The Bertz CT molecular complexity index is 935. The SMILES string of the molecule is CCC(C)Nc1sc(S(C)(=O)=O)nc1S(=O)(=O)c1ccc(Cl)cc1. The molecule has 0 saturated heterocycles. The number of thiazole rings is 1. The fraction of sp³-hybridized carbons (Fsp3) is 0.357. The quantitative estimate of drug-likeness (QED) is 0.788. The molecule has 0 fully saturated rings. The minimum atomic E-state index is -3.97. The van der Waals surface area contributed by atoms with Crippen LogP contribution in [0.25, 0.3) is 0 Å². The van der Waals surface area contributed by atoms with Crippen LogP contribution in [0.2, 0.25) is 5.02 Å². The van der Waals surface area contributed by atoms with Gasteiger partial charge in [-0.3, -0.25) is 0 Å². The predicted molar refractivity (Wildman–Crippen MR) is 95.5 cm³/mol. The molecule has 0 radical (unpaired) electrons. The highest BCUT2D eigenvalue weighted by Gasteiger charge is 2.29. The summed E-state index contributed by atoms with van der Waals surface area (Å²) in [6.45, 7) is 3.81. The molecule has 2 rings (SSSR count). The summed E-state index contributed by atoms with van der Waals surface area (Å²) in [7, 11) is -7.58. The van der Waals surface area contributed by atoms with Gasteiger partial charge in [-0.2, -0.15) is 0 Å². The van der Waals surface area contributed by atoms with Gasteiger partial charge in [0.15, 0.2) is 5.03 Å². The van der Waals surface area contributed by atoms with Gasteiger partial charge in [0, 0.05) is 17.3 Å². The molecular formula is C14H17ClN2O4S3. The third kappa shape index (κ3) is 4.08. The van der Waals surface area contributed by atoms with Crippen molar-refractivity contribution in [3.8, 4) is 0 Å². The highest BCUT2D eigenvalue weighted by Crippen LogP contribution is 2.35. The van der Waals surface area contributed by atoms with Crippen molar-refractivity contribution in [2.75, 3.05) is 11.6 Å². The fourth-order valence-corrected chi connectivity index (χ4v) is 5.52. The molecule has 0 aliphatic heterocycles. The van der Waals surface area contributed by atoms with Crippen LogP contribution >= 0.6 is 22.9 Å². The second-order valence-electron chi connectivity index (χ2n) is 5.30. The molecule has 1 atom stereocenters. The van der Waals surface area contributed by atoms with E-state index in [1.165, 1.54) is 24.3 Å². The number of benzene rings is 1. The predicted octanol–water partition coefficient (Wildman–Crippen LogP) is 3.24. The molecule has 24 heavy (non-hydrogen) atoms. The smallest absolute Gasteiger partial charge is 0.226 e. The Morgan fingerprint density at radius 3 is 2.29 bits per heavy atom. The molecule has 1 heterocycles. The summed E-state index contributed by atoms with van der Waals surface area (Å²) in [5, 5.41) is 3.37. The van der Waals surface area contributed by atoms with Crippen LogP contribution in [0.5, 0.6) is 0 Å². The lowest BCUT2D eigenvalue weighted by Crippen LogP contribution is -2.15. The van der Waals surface area contributed by atoms with Gasteiger partial charge in [-0.05, 0) is 37.6 Å². The van der Waals surface area contributed by atoms with Gasteiger partial charge in [0.1, 0.15) is 5.00 Å². The van der Waals surface area contributed by atoms with Crippen LogP contribution < -0.4 is 5.32 Å². The lowest BCUT2D eigenvalue weighted by Gasteiger charge is -2.12. The summed E-state index contributed by atoms with van der Waals surface area (Å²) in [6.07, 6.45) is 1.74. The van der Waals surface area contributed by atoms with Crippen molar-refractivity contribution in [2.24, 2.45) is 0 Å². The minimum Gasteiger partial charge on any atom is -0.372 e. The second-order valence-corrected chi connectivity index (χ2v) is 10.8. The molecule has 6 nitrogen and oxygen atoms in total. The van der Waals surface area contributed by atoms with Gasteiger partial charge >= 0.3 is 0 Å². The van der Waals surface area contributed by atoms with E-state index in [-0.39, 0.29) is 25.3 Å². The Balaban J connectivity index is 2.62. The summed E-state index contributed by atoms with van der Waals surface area (Å²) in [6, 6.07) is 5.62. The number of sulfone groups is 2. The normalized spacial score (nSPS) is 13.7. The van der Waals surface area contributed by atoms with E-state index in [9.17, 15) is 16.8 Å². The van der Waals surface area contributed by atoms with Crippen molar-refractivity contribution >= 4 is 47.6 Å². The van der Waals surface area contributed by atoms with Crippen molar-refractivity contribution in [3.05, 3.63) is 29.3 Å². The topological polar surface area (TPSA) is 93.2 Å². The number of halogens is 1. The van der Waals surface area contributed by atoms with Crippen LogP contribution in [0, 0.1) is 0 Å². The van der Waals surface area contributed by atoms with Crippen LogP contribution in [0.3, 0.4) is 0 Å². The van der Waals surface area contributed by atoms with Crippen molar-refractivity contribution in [1.82, 2.24) is 4.98 Å². The van der Waals surface area contributed by atoms with E-state index in [0.717, 1.165) is 24.0 Å². The van der Waals surface area contributed by atoms with Crippen molar-refractivity contribution < 1.29 is 16.8 Å². The summed E-state index contributed by atoms with van der Waals surface area (Å²) in [4.78, 5) is 3.89. The zero-order valence-electron chi connectivity index (χ0n) is 13.3. The van der Waals surface area contributed by atoms with Crippen LogP contribution in [0.15, 0.2) is 38.5 Å². The van der Waals surface area contributed by atoms with Gasteiger partial charge in [-0.25, -0.2) is 21.8 Å². The number of nitrogens with one attached hydrogen (secondary N) is 1. The number of hydrogen-bond acceptors (Lipinski definition) is 7. The molecule has 1 N–H and O–H groups in total. The molecule has 1 aromatic heterocycles. The zero-order valence-corrected chi connectivity index (χ0v) is 16.5. The maximum atomic E-state index is 12.8. The average molecular weight is 409 g/mol. The van der Waals surface area contributed by atoms with E-state index in [0.29, 0.717) is 5.02 Å². The monoisotopic (exact) mass is 408 g/mol. The molecule has 0 aliphatic rings. The van der Waals surface area contributed by atoms with E-state index < -0.39 is 19.7 Å². The number of hydrogen-bond donors (Lipinski definition) is 1. The van der Waals surface area contributed by atoms with Gasteiger partial charge in [0.2, 0.25) is 24.0 Å². The van der Waals surface area contributed by atoms with Crippen LogP contribution in [-0.4, -0.2) is 34.1 Å². The van der Waals surface area contributed by atoms with Gasteiger partial charge in [-0.15, -0.1) is 0 Å². The summed E-state index contributed by atoms with van der Waals surface area (Å²) >= 11 is 6.61. The molecule has 0 spiro atoms. The van der Waals surface area contributed by atoms with Gasteiger partial charge in [0.05, 0.1) is 4.90 Å². The Morgan fingerprint density at radius 1 is 1.21 bits per heavy atom. The van der Waals surface area contributed by atoms with Crippen molar-refractivity contribution in [1.29, 1.82) is 0 Å². The zero-order chi connectivity index (χ0) is 18.1. The van der Waals surface area contributed by atoms with Crippen molar-refractivity contribution in [3.63, 3.8) is 0 Å². The first kappa shape index (κ1) is 19.2. The van der Waals surface area contributed by atoms with E-state index in [2.05, 4.69) is 10.3 Å². The number of nitrogens with zero attached hydrogens (tertiary/aromatic N) is 1. The molecule has 10 heteroatoms. The molecule has 0 amide bonds. The highest BCUT2D eigenvalue weighted by atomic mass is 35.5. The fourth-order valence-electron chi connectivity index (χ4n) is 1.77. The Labute approximate surface area is 150 Å². The van der Waals surface area contributed by atoms with E-state index >= 15 is 0 Å². The number of rotatable bonds is 6. The van der Waals surface area contributed by atoms with Crippen LogP contribution in [-0.2, 0) is 19.7 Å². The van der Waals surface area contributed by atoms with E-state index in [1.54, 1.807) is 0 Å². The second kappa shape index (κ2) is 6.99. The maximum Gasteiger partial charge on any atom is 0.226 e. The minimum absolute atomic E-state index is 0.00412. The Hall–Kier alpha value is -1.16. The van der Waals surface area contributed by atoms with Gasteiger partial charge < -0.3 is 5.32 Å². The maximum absolute atomic E-state index is 12.8. The molecule has 132 valence electrons. The Kier molecular flexibility index (Phi) is 5.58. The molecule has 1 aromatic carbocycles. The molecular weight excluding hydrogens is 392 g/mol. The molecule has 0 saturated carbocycles. The molecule has 0 aliphatic carbocycles. The standard InChI is InChI=1S/C14H17ClN2O4S3/c1-4-9(2)16-12-13(17-14(22-12)23(3,18)19)24(20,21)11-7-5-10(15)6-8-11/h5-9,16H,4H2,1-3H3. The van der Waals surface area contributed by atoms with E-state index in [1.807, 2.05) is 13.8 Å². The van der Waals surface area contributed by atoms with Gasteiger partial charge in [0.25, 0.3) is 0 Å². The molecule has 2 aromatic rings. The van der Waals surface area contributed by atoms with Crippen LogP contribution in [0.1, 0.15) is 20.3 Å². The third-order valence-corrected chi connectivity index (χ3v) is 8.01. The largest absolute Gasteiger partial charge is 0.372 e.